The summed E-state index contributed by atoms with van der Waals surface area (Å²) in [4.78, 5) is -0.581. The van der Waals surface area contributed by atoms with Crippen molar-refractivity contribution in [3.05, 3.63) is 29.1 Å². The zero-order valence-corrected chi connectivity index (χ0v) is 7.46. The Morgan fingerprint density at radius 2 is 1.86 bits per heavy atom. The lowest BCUT2D eigenvalue weighted by molar-refractivity contribution is -0.140. The first-order chi connectivity index (χ1) is 6.38. The Morgan fingerprint density at radius 1 is 1.29 bits per heavy atom. The number of benzene rings is 1. The van der Waals surface area contributed by atoms with Crippen LogP contribution in [0, 0.1) is 17.1 Å². The highest BCUT2D eigenvalue weighted by Gasteiger charge is 2.35. The lowest BCUT2D eigenvalue weighted by Gasteiger charge is -2.09. The molecule has 0 bridgehead atoms. The highest BCUT2D eigenvalue weighted by molar-refractivity contribution is 7.80. The van der Waals surface area contributed by atoms with Gasteiger partial charge in [0.2, 0.25) is 0 Å². The van der Waals surface area contributed by atoms with Gasteiger partial charge in [-0.15, -0.1) is 12.6 Å². The second-order valence-corrected chi connectivity index (χ2v) is 2.88. The van der Waals surface area contributed by atoms with E-state index in [2.05, 4.69) is 12.6 Å². The molecular formula is C8H3F4NS. The number of nitrogens with zero attached hydrogens (tertiary/aromatic N) is 1. The maximum Gasteiger partial charge on any atom is 0.419 e. The number of nitriles is 1. The molecule has 74 valence electrons. The second-order valence-electron chi connectivity index (χ2n) is 2.43. The van der Waals surface area contributed by atoms with Crippen molar-refractivity contribution < 1.29 is 17.6 Å². The van der Waals surface area contributed by atoms with Gasteiger partial charge in [-0.3, -0.25) is 0 Å². The molecule has 0 heterocycles. The van der Waals surface area contributed by atoms with Crippen molar-refractivity contribution in [2.45, 2.75) is 11.1 Å². The summed E-state index contributed by atoms with van der Waals surface area (Å²) >= 11 is 3.50. The van der Waals surface area contributed by atoms with Crippen LogP contribution in [0.15, 0.2) is 17.0 Å². The summed E-state index contributed by atoms with van der Waals surface area (Å²) in [5.41, 5.74) is -1.64. The largest absolute Gasteiger partial charge is 0.419 e. The smallest absolute Gasteiger partial charge is 0.205 e. The van der Waals surface area contributed by atoms with E-state index in [9.17, 15) is 17.6 Å². The quantitative estimate of drug-likeness (QED) is 0.528. The number of alkyl halides is 3. The fraction of sp³-hybridized carbons (Fsp3) is 0.125. The Kier molecular flexibility index (Phi) is 2.71. The van der Waals surface area contributed by atoms with E-state index in [-0.39, 0.29) is 5.56 Å². The molecule has 0 aromatic heterocycles. The van der Waals surface area contributed by atoms with Crippen molar-refractivity contribution in [2.75, 3.05) is 0 Å². The molecule has 0 amide bonds. The van der Waals surface area contributed by atoms with Gasteiger partial charge in [-0.05, 0) is 12.1 Å². The molecule has 0 spiro atoms. The molecule has 1 nitrogen and oxygen atoms in total. The summed E-state index contributed by atoms with van der Waals surface area (Å²) in [7, 11) is 0. The van der Waals surface area contributed by atoms with E-state index in [0.29, 0.717) is 6.07 Å². The van der Waals surface area contributed by atoms with Gasteiger partial charge < -0.3 is 0 Å². The topological polar surface area (TPSA) is 23.8 Å². The minimum Gasteiger partial charge on any atom is -0.205 e. The number of halogens is 4. The molecule has 6 heteroatoms. The molecule has 0 saturated heterocycles. The molecule has 0 fully saturated rings. The van der Waals surface area contributed by atoms with Crippen LogP contribution in [0.5, 0.6) is 0 Å². The molecule has 1 rings (SSSR count). The first-order valence-electron chi connectivity index (χ1n) is 3.36. The summed E-state index contributed by atoms with van der Waals surface area (Å²) in [5, 5.41) is 8.39. The first kappa shape index (κ1) is 10.9. The number of thiol groups is 1. The van der Waals surface area contributed by atoms with Crippen LogP contribution in [-0.2, 0) is 6.18 Å². The van der Waals surface area contributed by atoms with Crippen LogP contribution in [0.2, 0.25) is 0 Å². The third-order valence-corrected chi connectivity index (χ3v) is 1.98. The lowest BCUT2D eigenvalue weighted by atomic mass is 10.1. The average Bonchev–Trinajstić information content (AvgIpc) is 2.07. The molecule has 14 heavy (non-hydrogen) atoms. The molecule has 0 aliphatic carbocycles. The molecule has 0 atom stereocenters. The van der Waals surface area contributed by atoms with Gasteiger partial charge in [-0.1, -0.05) is 0 Å². The van der Waals surface area contributed by atoms with E-state index >= 15 is 0 Å². The van der Waals surface area contributed by atoms with Gasteiger partial charge in [0.05, 0.1) is 16.0 Å². The monoisotopic (exact) mass is 221 g/mol. The van der Waals surface area contributed by atoms with Crippen LogP contribution < -0.4 is 0 Å². The Hall–Kier alpha value is -1.22. The van der Waals surface area contributed by atoms with Crippen molar-refractivity contribution in [1.29, 1.82) is 5.26 Å². The summed E-state index contributed by atoms with van der Waals surface area (Å²) in [6.45, 7) is 0. The molecule has 0 saturated carbocycles. The number of hydrogen-bond acceptors (Lipinski definition) is 2. The molecule has 0 aliphatic heterocycles. The van der Waals surface area contributed by atoms with Crippen molar-refractivity contribution in [1.82, 2.24) is 0 Å². The minimum atomic E-state index is -4.77. The molecule has 1 aromatic rings. The first-order valence-corrected chi connectivity index (χ1v) is 3.81. The van der Waals surface area contributed by atoms with E-state index < -0.39 is 22.5 Å². The van der Waals surface area contributed by atoms with Gasteiger partial charge in [0.15, 0.2) is 0 Å². The van der Waals surface area contributed by atoms with E-state index in [4.69, 9.17) is 5.26 Å². The standard InChI is InChI=1S/C8H3F4NS/c9-6-5(8(10,11)12)2-1-4(3-13)7(6)14/h1-2,14H. The Morgan fingerprint density at radius 3 is 2.29 bits per heavy atom. The SMILES string of the molecule is N#Cc1ccc(C(F)(F)F)c(F)c1S. The molecule has 0 aliphatic rings. The van der Waals surface area contributed by atoms with Crippen molar-refractivity contribution in [3.63, 3.8) is 0 Å². The van der Waals surface area contributed by atoms with Crippen LogP contribution in [0.1, 0.15) is 11.1 Å². The molecule has 1 aromatic carbocycles. The number of rotatable bonds is 0. The molecule has 0 unspecified atom stereocenters. The average molecular weight is 221 g/mol. The van der Waals surface area contributed by atoms with E-state index in [1.807, 2.05) is 0 Å². The third-order valence-electron chi connectivity index (χ3n) is 1.54. The minimum absolute atomic E-state index is 0.223. The maximum absolute atomic E-state index is 13.0. The predicted molar refractivity (Wildman–Crippen MR) is 43.4 cm³/mol. The zero-order valence-electron chi connectivity index (χ0n) is 6.56. The zero-order chi connectivity index (χ0) is 10.9. The molecular weight excluding hydrogens is 218 g/mol. The Labute approximate surface area is 82.4 Å². The van der Waals surface area contributed by atoms with Crippen LogP contribution in [0.4, 0.5) is 17.6 Å². The molecule has 0 N–H and O–H groups in total. The van der Waals surface area contributed by atoms with Crippen LogP contribution in [0.25, 0.3) is 0 Å². The van der Waals surface area contributed by atoms with Crippen LogP contribution in [-0.4, -0.2) is 0 Å². The Balaban J connectivity index is 3.41. The highest BCUT2D eigenvalue weighted by Crippen LogP contribution is 2.34. The lowest BCUT2D eigenvalue weighted by Crippen LogP contribution is -2.09. The second kappa shape index (κ2) is 3.50. The maximum atomic E-state index is 13.0. The van der Waals surface area contributed by atoms with E-state index in [0.717, 1.165) is 6.07 Å². The summed E-state index contributed by atoms with van der Waals surface area (Å²) < 4.78 is 49.3. The van der Waals surface area contributed by atoms with Crippen LogP contribution in [0.3, 0.4) is 0 Å². The Bertz CT molecular complexity index is 405. The third kappa shape index (κ3) is 1.82. The van der Waals surface area contributed by atoms with Crippen LogP contribution >= 0.6 is 12.6 Å². The van der Waals surface area contributed by atoms with E-state index in [1.165, 1.54) is 6.07 Å². The van der Waals surface area contributed by atoms with Crippen molar-refractivity contribution in [2.24, 2.45) is 0 Å². The highest BCUT2D eigenvalue weighted by atomic mass is 32.1. The normalized spacial score (nSPS) is 11.1. The van der Waals surface area contributed by atoms with Crippen molar-refractivity contribution in [3.8, 4) is 6.07 Å². The summed E-state index contributed by atoms with van der Waals surface area (Å²) in [6.07, 6.45) is -4.77. The fourth-order valence-corrected chi connectivity index (χ4v) is 1.12. The van der Waals surface area contributed by atoms with Gasteiger partial charge >= 0.3 is 6.18 Å². The van der Waals surface area contributed by atoms with Gasteiger partial charge in [-0.25, -0.2) is 4.39 Å². The predicted octanol–water partition coefficient (Wildman–Crippen LogP) is 3.00. The summed E-state index contributed by atoms with van der Waals surface area (Å²) in [6, 6.07) is 2.94. The molecule has 0 radical (unpaired) electrons. The van der Waals surface area contributed by atoms with Gasteiger partial charge in [0.1, 0.15) is 11.9 Å². The van der Waals surface area contributed by atoms with E-state index in [1.54, 1.807) is 0 Å². The summed E-state index contributed by atoms with van der Waals surface area (Å²) in [5.74, 6) is -1.51. The van der Waals surface area contributed by atoms with Gasteiger partial charge in [0, 0.05) is 0 Å². The number of hydrogen-bond donors (Lipinski definition) is 1. The van der Waals surface area contributed by atoms with Gasteiger partial charge in [0.25, 0.3) is 0 Å². The fourth-order valence-electron chi connectivity index (χ4n) is 0.874. The van der Waals surface area contributed by atoms with Crippen molar-refractivity contribution >= 4 is 12.6 Å². The van der Waals surface area contributed by atoms with Gasteiger partial charge in [-0.2, -0.15) is 18.4 Å².